The first kappa shape index (κ1) is 24.8. The average Bonchev–Trinajstić information content (AvgIpc) is 2.81. The Bertz CT molecular complexity index is 1250. The van der Waals surface area contributed by atoms with E-state index in [0.717, 1.165) is 34.5 Å². The highest BCUT2D eigenvalue weighted by Crippen LogP contribution is 2.37. The molecule has 4 rings (SSSR count). The Morgan fingerprint density at radius 2 is 1.34 bits per heavy atom. The molecule has 1 unspecified atom stereocenters. The molecule has 0 fully saturated rings. The van der Waals surface area contributed by atoms with Crippen molar-refractivity contribution in [2.75, 3.05) is 14.2 Å². The van der Waals surface area contributed by atoms with E-state index < -0.39 is 11.7 Å². The normalized spacial score (nSPS) is 16.2. The van der Waals surface area contributed by atoms with Crippen LogP contribution in [0.1, 0.15) is 55.5 Å². The molecule has 0 aliphatic carbocycles. The van der Waals surface area contributed by atoms with Crippen LogP contribution in [0.2, 0.25) is 0 Å². The molecule has 0 spiro atoms. The number of halogens is 3. The molecule has 0 bridgehead atoms. The molecule has 3 aromatic carbocycles. The molecule has 0 saturated heterocycles. The molecule has 6 heteroatoms. The van der Waals surface area contributed by atoms with E-state index in [1.165, 1.54) is 5.56 Å². The molecule has 1 aliphatic heterocycles. The van der Waals surface area contributed by atoms with Gasteiger partial charge in [0.2, 0.25) is 11.4 Å². The zero-order valence-corrected chi connectivity index (χ0v) is 21.0. The first-order valence-electron chi connectivity index (χ1n) is 11.6. The van der Waals surface area contributed by atoms with Crippen LogP contribution in [0, 0.1) is 0 Å². The Morgan fingerprint density at radius 3 is 1.86 bits per heavy atom. The lowest BCUT2D eigenvalue weighted by Crippen LogP contribution is -2.34. The van der Waals surface area contributed by atoms with Crippen LogP contribution in [0.3, 0.4) is 0 Å². The highest BCUT2D eigenvalue weighted by molar-refractivity contribution is 6.12. The van der Waals surface area contributed by atoms with Crippen molar-refractivity contribution >= 4 is 11.4 Å². The predicted molar refractivity (Wildman–Crippen MR) is 132 cm³/mol. The molecule has 35 heavy (non-hydrogen) atoms. The number of nitrogens with zero attached hydrogens (tertiary/aromatic N) is 1. The Labute approximate surface area is 204 Å². The number of hydrogen-bond acceptors (Lipinski definition) is 2. The van der Waals surface area contributed by atoms with E-state index in [0.29, 0.717) is 23.6 Å². The fraction of sp³-hybridized carbons (Fsp3) is 0.345. The summed E-state index contributed by atoms with van der Waals surface area (Å²) in [5.41, 5.74) is 5.26. The molecule has 3 nitrogen and oxygen atoms in total. The van der Waals surface area contributed by atoms with Gasteiger partial charge in [-0.1, -0.05) is 32.9 Å². The van der Waals surface area contributed by atoms with Crippen molar-refractivity contribution < 1.29 is 27.2 Å². The van der Waals surface area contributed by atoms with E-state index in [1.807, 2.05) is 12.1 Å². The first-order valence-corrected chi connectivity index (χ1v) is 11.6. The number of benzene rings is 3. The van der Waals surface area contributed by atoms with Gasteiger partial charge in [-0.2, -0.15) is 17.7 Å². The van der Waals surface area contributed by atoms with Crippen molar-refractivity contribution in [1.29, 1.82) is 0 Å². The summed E-state index contributed by atoms with van der Waals surface area (Å²) in [5.74, 6) is 1.26. The van der Waals surface area contributed by atoms with Crippen molar-refractivity contribution in [3.05, 3.63) is 88.5 Å². The van der Waals surface area contributed by atoms with Crippen molar-refractivity contribution in [3.8, 4) is 11.5 Å². The molecule has 0 saturated carbocycles. The van der Waals surface area contributed by atoms with Gasteiger partial charge in [-0.3, -0.25) is 0 Å². The van der Waals surface area contributed by atoms with Crippen molar-refractivity contribution in [2.45, 2.75) is 51.7 Å². The SMILES string of the molecule is COc1cc2c(cc1OC)C(c1ccc(C(C)(C)C)cc1)=[N+](c1ccc(C(F)(F)F)cc1)C(C)C2. The quantitative estimate of drug-likeness (QED) is 0.369. The third-order valence-electron chi connectivity index (χ3n) is 6.56. The molecule has 1 atom stereocenters. The summed E-state index contributed by atoms with van der Waals surface area (Å²) in [6, 6.07) is 17.8. The lowest BCUT2D eigenvalue weighted by atomic mass is 9.84. The molecule has 3 aromatic rings. The number of rotatable bonds is 4. The Hall–Kier alpha value is -3.28. The van der Waals surface area contributed by atoms with E-state index in [1.54, 1.807) is 26.4 Å². The minimum atomic E-state index is -4.38. The number of hydrogen-bond donors (Lipinski definition) is 0. The second-order valence-electron chi connectivity index (χ2n) is 10.0. The molecular weight excluding hydrogens is 451 g/mol. The fourth-order valence-corrected chi connectivity index (χ4v) is 4.69. The molecular formula is C29H31F3NO2+. The summed E-state index contributed by atoms with van der Waals surface area (Å²) in [6.45, 7) is 8.58. The maximum atomic E-state index is 13.2. The van der Waals surface area contributed by atoms with Crippen molar-refractivity contribution in [1.82, 2.24) is 0 Å². The fourth-order valence-electron chi connectivity index (χ4n) is 4.69. The standard InChI is InChI=1S/C29H31F3NO2/c1-18-15-20-16-25(34-5)26(35-6)17-24(20)27(19-7-9-21(10-8-19)28(2,3)4)33(18)23-13-11-22(12-14-23)29(30,31)32/h7-14,16-18H,15H2,1-6H3/q+1. The van der Waals surface area contributed by atoms with Gasteiger partial charge in [0.25, 0.3) is 0 Å². The molecule has 1 aliphatic rings. The first-order chi connectivity index (χ1) is 16.4. The smallest absolute Gasteiger partial charge is 0.416 e. The summed E-state index contributed by atoms with van der Waals surface area (Å²) in [7, 11) is 3.21. The van der Waals surface area contributed by atoms with Gasteiger partial charge in [-0.25, -0.2) is 0 Å². The average molecular weight is 483 g/mol. The van der Waals surface area contributed by atoms with Crippen LogP contribution in [0.25, 0.3) is 0 Å². The van der Waals surface area contributed by atoms with Gasteiger partial charge in [0.1, 0.15) is 0 Å². The predicted octanol–water partition coefficient (Wildman–Crippen LogP) is 7.15. The molecule has 0 radical (unpaired) electrons. The van der Waals surface area contributed by atoms with Gasteiger partial charge in [-0.05, 0) is 59.9 Å². The summed E-state index contributed by atoms with van der Waals surface area (Å²) < 4.78 is 52.9. The Morgan fingerprint density at radius 1 is 0.800 bits per heavy atom. The molecule has 0 aromatic heterocycles. The number of ether oxygens (including phenoxy) is 2. The third-order valence-corrected chi connectivity index (χ3v) is 6.56. The van der Waals surface area contributed by atoms with E-state index in [9.17, 15) is 13.2 Å². The second kappa shape index (κ2) is 9.06. The number of methoxy groups -OCH3 is 2. The van der Waals surface area contributed by atoms with E-state index in [-0.39, 0.29) is 11.5 Å². The summed E-state index contributed by atoms with van der Waals surface area (Å²) >= 11 is 0. The summed E-state index contributed by atoms with van der Waals surface area (Å²) in [4.78, 5) is 0. The molecule has 184 valence electrons. The van der Waals surface area contributed by atoms with Gasteiger partial charge < -0.3 is 9.47 Å². The lowest BCUT2D eigenvalue weighted by Gasteiger charge is -2.25. The number of fused-ring (bicyclic) bond motifs is 1. The highest BCUT2D eigenvalue weighted by atomic mass is 19.4. The van der Waals surface area contributed by atoms with Crippen LogP contribution >= 0.6 is 0 Å². The van der Waals surface area contributed by atoms with Crippen LogP contribution in [-0.2, 0) is 18.0 Å². The maximum absolute atomic E-state index is 13.2. The lowest BCUT2D eigenvalue weighted by molar-refractivity contribution is -0.481. The van der Waals surface area contributed by atoms with Crippen LogP contribution < -0.4 is 9.47 Å². The zero-order valence-electron chi connectivity index (χ0n) is 21.0. The minimum Gasteiger partial charge on any atom is -0.493 e. The van der Waals surface area contributed by atoms with Gasteiger partial charge in [-0.15, -0.1) is 0 Å². The second-order valence-corrected chi connectivity index (χ2v) is 10.0. The molecule has 0 amide bonds. The highest BCUT2D eigenvalue weighted by Gasteiger charge is 2.36. The minimum absolute atomic E-state index is 0.00462. The van der Waals surface area contributed by atoms with Crippen LogP contribution in [0.15, 0.2) is 60.7 Å². The summed E-state index contributed by atoms with van der Waals surface area (Å²) in [5, 5.41) is 0. The van der Waals surface area contributed by atoms with Crippen molar-refractivity contribution in [3.63, 3.8) is 0 Å². The monoisotopic (exact) mass is 482 g/mol. The van der Waals surface area contributed by atoms with E-state index in [2.05, 4.69) is 56.5 Å². The third kappa shape index (κ3) is 4.79. The maximum Gasteiger partial charge on any atom is 0.416 e. The van der Waals surface area contributed by atoms with E-state index >= 15 is 0 Å². The number of alkyl halides is 3. The molecule has 0 N–H and O–H groups in total. The van der Waals surface area contributed by atoms with Crippen LogP contribution in [0.4, 0.5) is 18.9 Å². The van der Waals surface area contributed by atoms with Crippen molar-refractivity contribution in [2.24, 2.45) is 0 Å². The van der Waals surface area contributed by atoms with Gasteiger partial charge >= 0.3 is 6.18 Å². The summed E-state index contributed by atoms with van der Waals surface area (Å²) in [6.07, 6.45) is -3.67. The van der Waals surface area contributed by atoms with Gasteiger partial charge in [0, 0.05) is 24.1 Å². The van der Waals surface area contributed by atoms with Gasteiger partial charge in [0.15, 0.2) is 17.5 Å². The molecule has 1 heterocycles. The largest absolute Gasteiger partial charge is 0.493 e. The Balaban J connectivity index is 1.98. The topological polar surface area (TPSA) is 21.5 Å². The van der Waals surface area contributed by atoms with E-state index in [4.69, 9.17) is 9.47 Å². The Kier molecular flexibility index (Phi) is 6.43. The van der Waals surface area contributed by atoms with Crippen LogP contribution in [-0.4, -0.2) is 30.5 Å². The van der Waals surface area contributed by atoms with Crippen LogP contribution in [0.5, 0.6) is 11.5 Å². The van der Waals surface area contributed by atoms with Gasteiger partial charge in [0.05, 0.1) is 25.3 Å². The zero-order chi connectivity index (χ0) is 25.5.